The van der Waals surface area contributed by atoms with Crippen LogP contribution in [-0.2, 0) is 0 Å². The summed E-state index contributed by atoms with van der Waals surface area (Å²) in [5.74, 6) is 0. The molecule has 1 heteroatoms. The van der Waals surface area contributed by atoms with E-state index in [-0.39, 0.29) is 0 Å². The van der Waals surface area contributed by atoms with Crippen molar-refractivity contribution >= 4 is 10.8 Å². The lowest BCUT2D eigenvalue weighted by Gasteiger charge is -2.27. The Labute approximate surface area is 116 Å². The average Bonchev–Trinajstić information content (AvgIpc) is 2.47. The van der Waals surface area contributed by atoms with E-state index in [1.165, 1.54) is 48.4 Å². The molecule has 1 aliphatic rings. The number of hydrogen-bond acceptors (Lipinski definition) is 1. The maximum atomic E-state index is 3.83. The molecule has 1 saturated carbocycles. The van der Waals surface area contributed by atoms with E-state index in [2.05, 4.69) is 54.7 Å². The van der Waals surface area contributed by atoms with E-state index in [9.17, 15) is 0 Å². The van der Waals surface area contributed by atoms with E-state index >= 15 is 0 Å². The highest BCUT2D eigenvalue weighted by Gasteiger charge is 2.17. The normalized spacial score (nSPS) is 18.6. The third-order valence-electron chi connectivity index (χ3n) is 4.38. The highest BCUT2D eigenvalue weighted by molar-refractivity contribution is 5.86. The van der Waals surface area contributed by atoms with E-state index in [0.29, 0.717) is 12.1 Å². The maximum absolute atomic E-state index is 3.83. The van der Waals surface area contributed by atoms with Crippen LogP contribution in [0.3, 0.4) is 0 Å². The van der Waals surface area contributed by atoms with Gasteiger partial charge in [-0.1, -0.05) is 61.7 Å². The zero-order valence-electron chi connectivity index (χ0n) is 11.7. The molecular weight excluding hydrogens is 230 g/mol. The molecule has 2 aromatic rings. The van der Waals surface area contributed by atoms with Gasteiger partial charge in [0, 0.05) is 12.1 Å². The standard InChI is InChI=1S/C18H23N/c1-14(19-16-10-3-2-4-11-16)17-13-7-9-15-8-5-6-12-18(15)17/h5-9,12-14,16,19H,2-4,10-11H2,1H3/t14-/m1/s1. The first-order valence-corrected chi connectivity index (χ1v) is 7.58. The van der Waals surface area contributed by atoms with Crippen LogP contribution in [0.5, 0.6) is 0 Å². The summed E-state index contributed by atoms with van der Waals surface area (Å²) in [6, 6.07) is 16.5. The van der Waals surface area contributed by atoms with E-state index in [0.717, 1.165) is 0 Å². The van der Waals surface area contributed by atoms with Crippen LogP contribution < -0.4 is 5.32 Å². The Morgan fingerprint density at radius 3 is 2.53 bits per heavy atom. The minimum absolute atomic E-state index is 0.439. The van der Waals surface area contributed by atoms with E-state index < -0.39 is 0 Å². The molecule has 1 atom stereocenters. The molecular formula is C18H23N. The van der Waals surface area contributed by atoms with Crippen molar-refractivity contribution in [2.75, 3.05) is 0 Å². The summed E-state index contributed by atoms with van der Waals surface area (Å²) in [5, 5.41) is 6.56. The van der Waals surface area contributed by atoms with E-state index in [4.69, 9.17) is 0 Å². The van der Waals surface area contributed by atoms with Gasteiger partial charge in [-0.05, 0) is 36.1 Å². The minimum Gasteiger partial charge on any atom is -0.307 e. The van der Waals surface area contributed by atoms with Gasteiger partial charge in [-0.15, -0.1) is 0 Å². The Hall–Kier alpha value is -1.34. The quantitative estimate of drug-likeness (QED) is 0.826. The minimum atomic E-state index is 0.439. The highest BCUT2D eigenvalue weighted by Crippen LogP contribution is 2.26. The van der Waals surface area contributed by atoms with Gasteiger partial charge in [-0.2, -0.15) is 0 Å². The molecule has 0 heterocycles. The molecule has 0 radical (unpaired) electrons. The summed E-state index contributed by atoms with van der Waals surface area (Å²) in [5.41, 5.74) is 1.43. The molecule has 1 aliphatic carbocycles. The van der Waals surface area contributed by atoms with Gasteiger partial charge in [0.15, 0.2) is 0 Å². The van der Waals surface area contributed by atoms with Crippen LogP contribution in [0.15, 0.2) is 42.5 Å². The fraction of sp³-hybridized carbons (Fsp3) is 0.444. The highest BCUT2D eigenvalue weighted by atomic mass is 14.9. The molecule has 1 N–H and O–H groups in total. The molecule has 19 heavy (non-hydrogen) atoms. The zero-order chi connectivity index (χ0) is 13.1. The SMILES string of the molecule is C[C@@H](NC1CCCCC1)c1cccc2ccccc12. The number of rotatable bonds is 3. The predicted molar refractivity (Wildman–Crippen MR) is 82.4 cm³/mol. The maximum Gasteiger partial charge on any atom is 0.0300 e. The Bertz CT molecular complexity index is 535. The second-order valence-electron chi connectivity index (χ2n) is 5.79. The Balaban J connectivity index is 1.82. The molecule has 100 valence electrons. The molecule has 0 bridgehead atoms. The van der Waals surface area contributed by atoms with Gasteiger partial charge in [-0.25, -0.2) is 0 Å². The molecule has 0 spiro atoms. The fourth-order valence-corrected chi connectivity index (χ4v) is 3.34. The number of fused-ring (bicyclic) bond motifs is 1. The van der Waals surface area contributed by atoms with Crippen LogP contribution in [-0.4, -0.2) is 6.04 Å². The van der Waals surface area contributed by atoms with Gasteiger partial charge in [-0.3, -0.25) is 0 Å². The third-order valence-corrected chi connectivity index (χ3v) is 4.38. The zero-order valence-corrected chi connectivity index (χ0v) is 11.7. The molecule has 0 unspecified atom stereocenters. The fourth-order valence-electron chi connectivity index (χ4n) is 3.34. The topological polar surface area (TPSA) is 12.0 Å². The second kappa shape index (κ2) is 5.75. The van der Waals surface area contributed by atoms with Crippen molar-refractivity contribution in [1.29, 1.82) is 0 Å². The molecule has 1 nitrogen and oxygen atoms in total. The first-order chi connectivity index (χ1) is 9.34. The number of hydrogen-bond donors (Lipinski definition) is 1. The van der Waals surface area contributed by atoms with Crippen molar-refractivity contribution < 1.29 is 0 Å². The lowest BCUT2D eigenvalue weighted by Crippen LogP contribution is -2.33. The molecule has 2 aromatic carbocycles. The molecule has 1 fully saturated rings. The molecule has 0 aliphatic heterocycles. The van der Waals surface area contributed by atoms with Crippen LogP contribution in [0.1, 0.15) is 50.6 Å². The van der Waals surface area contributed by atoms with Crippen LogP contribution >= 0.6 is 0 Å². The lowest BCUT2D eigenvalue weighted by atomic mass is 9.93. The van der Waals surface area contributed by atoms with Gasteiger partial charge in [0.2, 0.25) is 0 Å². The molecule has 3 rings (SSSR count). The molecule has 0 amide bonds. The smallest absolute Gasteiger partial charge is 0.0300 e. The van der Waals surface area contributed by atoms with Gasteiger partial charge < -0.3 is 5.32 Å². The lowest BCUT2D eigenvalue weighted by molar-refractivity contribution is 0.347. The van der Waals surface area contributed by atoms with Crippen LogP contribution in [0.4, 0.5) is 0 Å². The number of benzene rings is 2. The first-order valence-electron chi connectivity index (χ1n) is 7.58. The van der Waals surface area contributed by atoms with Crippen molar-refractivity contribution in [2.24, 2.45) is 0 Å². The van der Waals surface area contributed by atoms with E-state index in [1.807, 2.05) is 0 Å². The summed E-state index contributed by atoms with van der Waals surface area (Å²) < 4.78 is 0. The summed E-state index contributed by atoms with van der Waals surface area (Å²) in [6.45, 7) is 2.30. The van der Waals surface area contributed by atoms with Gasteiger partial charge in [0.1, 0.15) is 0 Å². The summed E-state index contributed by atoms with van der Waals surface area (Å²) >= 11 is 0. The van der Waals surface area contributed by atoms with Gasteiger partial charge in [0.25, 0.3) is 0 Å². The summed E-state index contributed by atoms with van der Waals surface area (Å²) in [7, 11) is 0. The van der Waals surface area contributed by atoms with Crippen molar-refractivity contribution in [3.8, 4) is 0 Å². The second-order valence-corrected chi connectivity index (χ2v) is 5.79. The molecule has 0 aromatic heterocycles. The van der Waals surface area contributed by atoms with Crippen molar-refractivity contribution in [3.63, 3.8) is 0 Å². The largest absolute Gasteiger partial charge is 0.307 e. The Morgan fingerprint density at radius 1 is 0.947 bits per heavy atom. The van der Waals surface area contributed by atoms with Crippen LogP contribution in [0.25, 0.3) is 10.8 Å². The van der Waals surface area contributed by atoms with Crippen molar-refractivity contribution in [1.82, 2.24) is 5.32 Å². The van der Waals surface area contributed by atoms with Crippen molar-refractivity contribution in [2.45, 2.75) is 51.1 Å². The monoisotopic (exact) mass is 253 g/mol. The summed E-state index contributed by atoms with van der Waals surface area (Å²) in [6.07, 6.45) is 6.88. The Kier molecular flexibility index (Phi) is 3.84. The summed E-state index contributed by atoms with van der Waals surface area (Å²) in [4.78, 5) is 0. The van der Waals surface area contributed by atoms with E-state index in [1.54, 1.807) is 0 Å². The van der Waals surface area contributed by atoms with Crippen LogP contribution in [0, 0.1) is 0 Å². The number of nitrogens with one attached hydrogen (secondary N) is 1. The molecule has 0 saturated heterocycles. The van der Waals surface area contributed by atoms with Gasteiger partial charge >= 0.3 is 0 Å². The van der Waals surface area contributed by atoms with Gasteiger partial charge in [0.05, 0.1) is 0 Å². The average molecular weight is 253 g/mol. The Morgan fingerprint density at radius 2 is 1.68 bits per heavy atom. The third kappa shape index (κ3) is 2.82. The first kappa shape index (κ1) is 12.7. The van der Waals surface area contributed by atoms with Crippen molar-refractivity contribution in [3.05, 3.63) is 48.0 Å². The van der Waals surface area contributed by atoms with Crippen LogP contribution in [0.2, 0.25) is 0 Å². The predicted octanol–water partition coefficient (Wildman–Crippen LogP) is 4.82.